The fourth-order valence-corrected chi connectivity index (χ4v) is 2.59. The second kappa shape index (κ2) is 5.41. The first-order chi connectivity index (χ1) is 8.19. The van der Waals surface area contributed by atoms with Crippen molar-refractivity contribution in [2.45, 2.75) is 25.8 Å². The van der Waals surface area contributed by atoms with Crippen molar-refractivity contribution in [3.8, 4) is 5.75 Å². The number of hydrogen-bond donors (Lipinski definition) is 1. The van der Waals surface area contributed by atoms with E-state index in [1.54, 1.807) is 7.11 Å². The molecule has 1 fully saturated rings. The number of ether oxygens (including phenoxy) is 1. The minimum atomic E-state index is 0.310. The molecule has 1 aliphatic rings. The smallest absolute Gasteiger partial charge is 0.120 e. The minimum absolute atomic E-state index is 0.310. The van der Waals surface area contributed by atoms with Gasteiger partial charge < -0.3 is 15.4 Å². The second-order valence-electron chi connectivity index (χ2n) is 5.02. The van der Waals surface area contributed by atoms with Crippen LogP contribution in [0.4, 0.5) is 5.69 Å². The molecule has 2 N–H and O–H groups in total. The zero-order valence-corrected chi connectivity index (χ0v) is 10.7. The SMILES string of the molecule is COc1cccc(N2CCC(CC(C)N)C2)c1. The van der Waals surface area contributed by atoms with Crippen LogP contribution in [0.15, 0.2) is 24.3 Å². The van der Waals surface area contributed by atoms with Crippen LogP contribution in [0.25, 0.3) is 0 Å². The third-order valence-corrected chi connectivity index (χ3v) is 3.41. The highest BCUT2D eigenvalue weighted by atomic mass is 16.5. The van der Waals surface area contributed by atoms with E-state index in [4.69, 9.17) is 10.5 Å². The van der Waals surface area contributed by atoms with Gasteiger partial charge in [-0.25, -0.2) is 0 Å². The molecule has 0 radical (unpaired) electrons. The molecule has 2 unspecified atom stereocenters. The van der Waals surface area contributed by atoms with Gasteiger partial charge in [0.25, 0.3) is 0 Å². The highest BCUT2D eigenvalue weighted by Gasteiger charge is 2.23. The quantitative estimate of drug-likeness (QED) is 0.868. The molecular formula is C14H22N2O. The van der Waals surface area contributed by atoms with Crippen LogP contribution in [0.2, 0.25) is 0 Å². The first-order valence-corrected chi connectivity index (χ1v) is 6.33. The normalized spacial score (nSPS) is 21.6. The van der Waals surface area contributed by atoms with Gasteiger partial charge in [0.15, 0.2) is 0 Å². The molecule has 2 rings (SSSR count). The summed E-state index contributed by atoms with van der Waals surface area (Å²) in [5.41, 5.74) is 7.12. The Labute approximate surface area is 104 Å². The maximum absolute atomic E-state index is 5.86. The van der Waals surface area contributed by atoms with Crippen LogP contribution in [0.3, 0.4) is 0 Å². The highest BCUT2D eigenvalue weighted by Crippen LogP contribution is 2.28. The van der Waals surface area contributed by atoms with Crippen molar-refractivity contribution in [3.05, 3.63) is 24.3 Å². The molecule has 17 heavy (non-hydrogen) atoms. The monoisotopic (exact) mass is 234 g/mol. The first-order valence-electron chi connectivity index (χ1n) is 6.33. The molecule has 0 amide bonds. The summed E-state index contributed by atoms with van der Waals surface area (Å²) in [5.74, 6) is 1.67. The number of anilines is 1. The zero-order valence-electron chi connectivity index (χ0n) is 10.7. The molecule has 3 heteroatoms. The van der Waals surface area contributed by atoms with Crippen LogP contribution in [-0.2, 0) is 0 Å². The van der Waals surface area contributed by atoms with E-state index < -0.39 is 0 Å². The average Bonchev–Trinajstić information content (AvgIpc) is 2.77. The van der Waals surface area contributed by atoms with E-state index in [1.165, 1.54) is 12.1 Å². The lowest BCUT2D eigenvalue weighted by Crippen LogP contribution is -2.23. The van der Waals surface area contributed by atoms with Gasteiger partial charge in [-0.1, -0.05) is 6.07 Å². The Balaban J connectivity index is 1.99. The van der Waals surface area contributed by atoms with E-state index >= 15 is 0 Å². The molecule has 1 aliphatic heterocycles. The lowest BCUT2D eigenvalue weighted by Gasteiger charge is -2.19. The molecule has 0 spiro atoms. The Kier molecular flexibility index (Phi) is 3.89. The van der Waals surface area contributed by atoms with Gasteiger partial charge in [0, 0.05) is 30.9 Å². The van der Waals surface area contributed by atoms with Crippen molar-refractivity contribution < 1.29 is 4.74 Å². The lowest BCUT2D eigenvalue weighted by molar-refractivity contribution is 0.415. The number of rotatable bonds is 4. The van der Waals surface area contributed by atoms with Crippen molar-refractivity contribution in [3.63, 3.8) is 0 Å². The fourth-order valence-electron chi connectivity index (χ4n) is 2.59. The van der Waals surface area contributed by atoms with Gasteiger partial charge in [-0.2, -0.15) is 0 Å². The molecule has 0 aliphatic carbocycles. The van der Waals surface area contributed by atoms with Crippen molar-refractivity contribution >= 4 is 5.69 Å². The third kappa shape index (κ3) is 3.13. The average molecular weight is 234 g/mol. The van der Waals surface area contributed by atoms with E-state index in [0.717, 1.165) is 31.2 Å². The predicted octanol–water partition coefficient (Wildman–Crippen LogP) is 2.26. The van der Waals surface area contributed by atoms with Crippen molar-refractivity contribution in [2.75, 3.05) is 25.1 Å². The summed E-state index contributed by atoms with van der Waals surface area (Å²) in [5, 5.41) is 0. The van der Waals surface area contributed by atoms with E-state index in [-0.39, 0.29) is 0 Å². The van der Waals surface area contributed by atoms with Crippen LogP contribution in [0.5, 0.6) is 5.75 Å². The number of benzene rings is 1. The summed E-state index contributed by atoms with van der Waals surface area (Å²) in [6.45, 7) is 4.34. The maximum Gasteiger partial charge on any atom is 0.120 e. The minimum Gasteiger partial charge on any atom is -0.497 e. The molecule has 1 saturated heterocycles. The van der Waals surface area contributed by atoms with E-state index in [9.17, 15) is 0 Å². The second-order valence-corrected chi connectivity index (χ2v) is 5.02. The van der Waals surface area contributed by atoms with Crippen LogP contribution >= 0.6 is 0 Å². The number of hydrogen-bond acceptors (Lipinski definition) is 3. The molecule has 1 heterocycles. The van der Waals surface area contributed by atoms with Crippen molar-refractivity contribution in [2.24, 2.45) is 11.7 Å². The van der Waals surface area contributed by atoms with Gasteiger partial charge in [0.05, 0.1) is 7.11 Å². The van der Waals surface area contributed by atoms with Crippen LogP contribution in [0.1, 0.15) is 19.8 Å². The van der Waals surface area contributed by atoms with Gasteiger partial charge in [-0.05, 0) is 37.8 Å². The van der Waals surface area contributed by atoms with Gasteiger partial charge >= 0.3 is 0 Å². The van der Waals surface area contributed by atoms with Gasteiger partial charge in [0.1, 0.15) is 5.75 Å². The zero-order chi connectivity index (χ0) is 12.3. The molecule has 0 bridgehead atoms. The Morgan fingerprint density at radius 3 is 3.06 bits per heavy atom. The van der Waals surface area contributed by atoms with Gasteiger partial charge in [-0.15, -0.1) is 0 Å². The van der Waals surface area contributed by atoms with Crippen molar-refractivity contribution in [1.29, 1.82) is 0 Å². The van der Waals surface area contributed by atoms with Gasteiger partial charge in [-0.3, -0.25) is 0 Å². The summed E-state index contributed by atoms with van der Waals surface area (Å²) in [6, 6.07) is 8.60. The molecule has 0 saturated carbocycles. The van der Waals surface area contributed by atoms with E-state index in [0.29, 0.717) is 6.04 Å². The van der Waals surface area contributed by atoms with Crippen LogP contribution in [-0.4, -0.2) is 26.2 Å². The summed E-state index contributed by atoms with van der Waals surface area (Å²) >= 11 is 0. The van der Waals surface area contributed by atoms with Crippen LogP contribution < -0.4 is 15.4 Å². The van der Waals surface area contributed by atoms with Crippen molar-refractivity contribution in [1.82, 2.24) is 0 Å². The third-order valence-electron chi connectivity index (χ3n) is 3.41. The lowest BCUT2D eigenvalue weighted by atomic mass is 10.0. The molecule has 3 nitrogen and oxygen atoms in total. The Morgan fingerprint density at radius 1 is 1.53 bits per heavy atom. The van der Waals surface area contributed by atoms with E-state index in [2.05, 4.69) is 24.0 Å². The fraction of sp³-hybridized carbons (Fsp3) is 0.571. The Morgan fingerprint density at radius 2 is 2.35 bits per heavy atom. The molecule has 94 valence electrons. The summed E-state index contributed by atoms with van der Waals surface area (Å²) < 4.78 is 5.26. The molecule has 1 aromatic carbocycles. The van der Waals surface area contributed by atoms with Crippen LogP contribution in [0, 0.1) is 5.92 Å². The standard InChI is InChI=1S/C14H22N2O/c1-11(15)8-12-6-7-16(10-12)13-4-3-5-14(9-13)17-2/h3-5,9,11-12H,6-8,10,15H2,1-2H3. The van der Waals surface area contributed by atoms with Gasteiger partial charge in [0.2, 0.25) is 0 Å². The summed E-state index contributed by atoms with van der Waals surface area (Å²) in [7, 11) is 1.71. The number of methoxy groups -OCH3 is 1. The number of nitrogens with two attached hydrogens (primary N) is 1. The predicted molar refractivity (Wildman–Crippen MR) is 71.6 cm³/mol. The highest BCUT2D eigenvalue weighted by molar-refractivity contribution is 5.51. The Hall–Kier alpha value is -1.22. The Bertz CT molecular complexity index is 365. The first kappa shape index (κ1) is 12.2. The number of nitrogens with zero attached hydrogens (tertiary/aromatic N) is 1. The summed E-state index contributed by atoms with van der Waals surface area (Å²) in [4.78, 5) is 2.43. The summed E-state index contributed by atoms with van der Waals surface area (Å²) in [6.07, 6.45) is 2.37. The molecule has 2 atom stereocenters. The topological polar surface area (TPSA) is 38.5 Å². The molecule has 1 aromatic rings. The van der Waals surface area contributed by atoms with E-state index in [1.807, 2.05) is 12.1 Å². The molecule has 0 aromatic heterocycles. The molecular weight excluding hydrogens is 212 g/mol. The maximum atomic E-state index is 5.86. The largest absolute Gasteiger partial charge is 0.497 e.